The Kier molecular flexibility index (Phi) is 5.74. The smallest absolute Gasteiger partial charge is 0.317 e. The van der Waals surface area contributed by atoms with Gasteiger partial charge in [-0.15, -0.1) is 11.3 Å². The van der Waals surface area contributed by atoms with Crippen LogP contribution in [0.5, 0.6) is 5.75 Å². The number of methoxy groups -OCH3 is 2. The van der Waals surface area contributed by atoms with Crippen molar-refractivity contribution in [2.75, 3.05) is 27.4 Å². The number of hydrogen-bond acceptors (Lipinski definition) is 6. The van der Waals surface area contributed by atoms with Gasteiger partial charge in [-0.25, -0.2) is 4.98 Å². The minimum Gasteiger partial charge on any atom is -0.491 e. The number of benzene rings is 1. The minimum atomic E-state index is -0.757. The summed E-state index contributed by atoms with van der Waals surface area (Å²) in [7, 11) is 3.03. The number of carbonyl (C=O) groups is 1. The zero-order chi connectivity index (χ0) is 16.9. The third-order valence-corrected chi connectivity index (χ3v) is 4.39. The fraction of sp³-hybridized carbons (Fsp3) is 0.412. The molecule has 1 heterocycles. The monoisotopic (exact) mass is 335 g/mol. The minimum absolute atomic E-state index is 0.295. The van der Waals surface area contributed by atoms with Crippen LogP contribution in [0.15, 0.2) is 29.6 Å². The number of esters is 1. The first-order valence-corrected chi connectivity index (χ1v) is 8.13. The van der Waals surface area contributed by atoms with Gasteiger partial charge in [-0.05, 0) is 38.1 Å². The summed E-state index contributed by atoms with van der Waals surface area (Å²) >= 11 is 1.51. The molecule has 0 fully saturated rings. The van der Waals surface area contributed by atoms with E-state index in [0.717, 1.165) is 16.3 Å². The molecule has 0 radical (unpaired) electrons. The van der Waals surface area contributed by atoms with Crippen molar-refractivity contribution in [3.05, 3.63) is 35.3 Å². The largest absolute Gasteiger partial charge is 0.491 e. The van der Waals surface area contributed by atoms with Crippen LogP contribution in [0.25, 0.3) is 10.6 Å². The van der Waals surface area contributed by atoms with Gasteiger partial charge in [0, 0.05) is 18.1 Å². The molecule has 0 spiro atoms. The van der Waals surface area contributed by atoms with Crippen LogP contribution < -0.4 is 4.74 Å². The van der Waals surface area contributed by atoms with Gasteiger partial charge in [0.1, 0.15) is 22.8 Å². The van der Waals surface area contributed by atoms with Crippen molar-refractivity contribution in [3.63, 3.8) is 0 Å². The van der Waals surface area contributed by atoms with Crippen LogP contribution in [0.1, 0.15) is 19.5 Å². The van der Waals surface area contributed by atoms with Crippen LogP contribution >= 0.6 is 11.3 Å². The van der Waals surface area contributed by atoms with Crippen molar-refractivity contribution in [3.8, 4) is 16.3 Å². The maximum absolute atomic E-state index is 11.9. The summed E-state index contributed by atoms with van der Waals surface area (Å²) in [5.74, 6) is 0.494. The van der Waals surface area contributed by atoms with Crippen molar-refractivity contribution >= 4 is 17.3 Å². The predicted molar refractivity (Wildman–Crippen MR) is 90.0 cm³/mol. The molecule has 0 aliphatic carbocycles. The predicted octanol–water partition coefficient (Wildman–Crippen LogP) is 3.29. The summed E-state index contributed by atoms with van der Waals surface area (Å²) in [6.07, 6.45) is 0. The molecule has 0 bridgehead atoms. The van der Waals surface area contributed by atoms with Crippen LogP contribution in [0, 0.1) is 0 Å². The van der Waals surface area contributed by atoms with E-state index in [1.165, 1.54) is 18.4 Å². The summed E-state index contributed by atoms with van der Waals surface area (Å²) in [5, 5.41) is 2.76. The molecule has 5 nitrogen and oxygen atoms in total. The lowest BCUT2D eigenvalue weighted by atomic mass is 9.90. The van der Waals surface area contributed by atoms with Gasteiger partial charge in [-0.3, -0.25) is 4.79 Å². The van der Waals surface area contributed by atoms with Crippen molar-refractivity contribution < 1.29 is 19.0 Å². The molecule has 0 saturated heterocycles. The lowest BCUT2D eigenvalue weighted by Crippen LogP contribution is -2.30. The quantitative estimate of drug-likeness (QED) is 0.574. The first kappa shape index (κ1) is 17.4. The highest BCUT2D eigenvalue weighted by molar-refractivity contribution is 7.13. The normalized spacial score (nSPS) is 11.3. The van der Waals surface area contributed by atoms with E-state index >= 15 is 0 Å². The second-order valence-electron chi connectivity index (χ2n) is 5.52. The van der Waals surface area contributed by atoms with E-state index in [9.17, 15) is 4.79 Å². The SMILES string of the molecule is COCCOc1ccc(-c2nc(C(C)(C)C(=O)OC)cs2)cc1. The van der Waals surface area contributed by atoms with Crippen molar-refractivity contribution in [1.29, 1.82) is 0 Å². The molecule has 0 saturated carbocycles. The number of nitrogens with zero attached hydrogens (tertiary/aromatic N) is 1. The summed E-state index contributed by atoms with van der Waals surface area (Å²) < 4.78 is 15.3. The zero-order valence-corrected chi connectivity index (χ0v) is 14.6. The molecule has 0 amide bonds. The van der Waals surface area contributed by atoms with E-state index in [4.69, 9.17) is 14.2 Å². The Labute approximate surface area is 140 Å². The highest BCUT2D eigenvalue weighted by Crippen LogP contribution is 2.31. The van der Waals surface area contributed by atoms with Crippen molar-refractivity contribution in [1.82, 2.24) is 4.98 Å². The highest BCUT2D eigenvalue weighted by atomic mass is 32.1. The zero-order valence-electron chi connectivity index (χ0n) is 13.8. The van der Waals surface area contributed by atoms with Gasteiger partial charge in [-0.2, -0.15) is 0 Å². The Bertz CT molecular complexity index is 649. The molecule has 2 rings (SSSR count). The molecule has 1 aromatic heterocycles. The summed E-state index contributed by atoms with van der Waals surface area (Å²) in [4.78, 5) is 16.4. The molecule has 2 aromatic rings. The van der Waals surface area contributed by atoms with Gasteiger partial charge in [0.2, 0.25) is 0 Å². The Morgan fingerprint density at radius 2 is 1.87 bits per heavy atom. The third-order valence-electron chi connectivity index (χ3n) is 3.50. The summed E-state index contributed by atoms with van der Waals surface area (Å²) in [6, 6.07) is 7.71. The summed E-state index contributed by atoms with van der Waals surface area (Å²) in [6.45, 7) is 4.69. The fourth-order valence-electron chi connectivity index (χ4n) is 1.99. The molecule has 0 aliphatic heterocycles. The average Bonchev–Trinajstić information content (AvgIpc) is 3.05. The summed E-state index contributed by atoms with van der Waals surface area (Å²) in [5.41, 5.74) is 0.943. The fourth-order valence-corrected chi connectivity index (χ4v) is 2.98. The molecular weight excluding hydrogens is 314 g/mol. The first-order chi connectivity index (χ1) is 11.0. The number of hydrogen-bond donors (Lipinski definition) is 0. The van der Waals surface area contributed by atoms with Crippen molar-refractivity contribution in [2.24, 2.45) is 0 Å². The number of carbonyl (C=O) groups excluding carboxylic acids is 1. The first-order valence-electron chi connectivity index (χ1n) is 7.25. The Balaban J connectivity index is 2.13. The van der Waals surface area contributed by atoms with Crippen molar-refractivity contribution in [2.45, 2.75) is 19.3 Å². The van der Waals surface area contributed by atoms with Crippen LogP contribution in [0.4, 0.5) is 0 Å². The molecule has 0 atom stereocenters. The van der Waals surface area contributed by atoms with Gasteiger partial charge in [0.15, 0.2) is 0 Å². The Hall–Kier alpha value is -1.92. The number of thiazole rings is 1. The van der Waals surface area contributed by atoms with Crippen LogP contribution in [0.3, 0.4) is 0 Å². The van der Waals surface area contributed by atoms with E-state index < -0.39 is 5.41 Å². The second-order valence-corrected chi connectivity index (χ2v) is 6.38. The maximum Gasteiger partial charge on any atom is 0.317 e. The molecule has 1 aromatic carbocycles. The van der Waals surface area contributed by atoms with Crippen LogP contribution in [-0.4, -0.2) is 38.4 Å². The van der Waals surface area contributed by atoms with E-state index in [2.05, 4.69) is 4.98 Å². The van der Waals surface area contributed by atoms with Gasteiger partial charge in [-0.1, -0.05) is 0 Å². The van der Waals surface area contributed by atoms with Gasteiger partial charge in [0.25, 0.3) is 0 Å². The Morgan fingerprint density at radius 3 is 2.48 bits per heavy atom. The molecule has 0 unspecified atom stereocenters. The molecule has 6 heteroatoms. The lowest BCUT2D eigenvalue weighted by molar-refractivity contribution is -0.146. The van der Waals surface area contributed by atoms with Crippen LogP contribution in [-0.2, 0) is 19.7 Å². The molecular formula is C17H21NO4S. The Morgan fingerprint density at radius 1 is 1.17 bits per heavy atom. The second kappa shape index (κ2) is 7.57. The molecule has 0 aliphatic rings. The van der Waals surface area contributed by atoms with Crippen LogP contribution in [0.2, 0.25) is 0 Å². The highest BCUT2D eigenvalue weighted by Gasteiger charge is 2.33. The topological polar surface area (TPSA) is 57.7 Å². The van der Waals surface area contributed by atoms with Gasteiger partial charge >= 0.3 is 5.97 Å². The van der Waals surface area contributed by atoms with Gasteiger partial charge < -0.3 is 14.2 Å². The maximum atomic E-state index is 11.9. The molecule has 0 N–H and O–H groups in total. The van der Waals surface area contributed by atoms with E-state index in [1.54, 1.807) is 7.11 Å². The van der Waals surface area contributed by atoms with E-state index in [0.29, 0.717) is 18.9 Å². The van der Waals surface area contributed by atoms with Gasteiger partial charge in [0.05, 0.1) is 19.4 Å². The number of rotatable bonds is 7. The number of aromatic nitrogens is 1. The third kappa shape index (κ3) is 4.09. The lowest BCUT2D eigenvalue weighted by Gasteiger charge is -2.18. The van der Waals surface area contributed by atoms with E-state index in [1.807, 2.05) is 43.5 Å². The average molecular weight is 335 g/mol. The standard InChI is InChI=1S/C17H21NO4S/c1-17(2,16(19)21-4)14-11-23-15(18-14)12-5-7-13(8-6-12)22-10-9-20-3/h5-8,11H,9-10H2,1-4H3. The number of ether oxygens (including phenoxy) is 3. The van der Waals surface area contributed by atoms with E-state index in [-0.39, 0.29) is 5.97 Å². The molecule has 124 valence electrons. The molecule has 23 heavy (non-hydrogen) atoms.